The molecule has 0 aromatic heterocycles. The highest BCUT2D eigenvalue weighted by molar-refractivity contribution is 4.55. The lowest BCUT2D eigenvalue weighted by Gasteiger charge is -2.05. The fraction of sp³-hybridized carbons (Fsp3) is 1.00. The van der Waals surface area contributed by atoms with Crippen LogP contribution in [0.15, 0.2) is 0 Å². The van der Waals surface area contributed by atoms with Crippen molar-refractivity contribution < 1.29 is 0 Å². The van der Waals surface area contributed by atoms with Gasteiger partial charge in [0.05, 0.1) is 0 Å². The maximum atomic E-state index is 4.50. The minimum absolute atomic E-state index is 1.50. The summed E-state index contributed by atoms with van der Waals surface area (Å²) in [7, 11) is 1.50. The molecular formula is C49H101N. The first-order chi connectivity index (χ1) is 25.0. The van der Waals surface area contributed by atoms with E-state index >= 15 is 0 Å². The Labute approximate surface area is 320 Å². The fourth-order valence-electron chi connectivity index (χ4n) is 8.49. The summed E-state index contributed by atoms with van der Waals surface area (Å²) in [4.78, 5) is 0. The lowest BCUT2D eigenvalue weighted by molar-refractivity contribution is 0.504. The van der Waals surface area contributed by atoms with Crippen molar-refractivity contribution >= 4 is 0 Å². The largest absolute Gasteiger partial charge is 0.333 e. The van der Waals surface area contributed by atoms with E-state index in [9.17, 15) is 0 Å². The molecule has 4 aliphatic rings. The van der Waals surface area contributed by atoms with Crippen molar-refractivity contribution in [3.05, 3.63) is 0 Å². The van der Waals surface area contributed by atoms with Crippen LogP contribution in [0.4, 0.5) is 0 Å². The van der Waals surface area contributed by atoms with E-state index in [1.54, 1.807) is 0 Å². The maximum Gasteiger partial charge on any atom is -0.0195 e. The fourth-order valence-corrected chi connectivity index (χ4v) is 8.49. The molecule has 0 aromatic carbocycles. The van der Waals surface area contributed by atoms with Gasteiger partial charge in [-0.1, -0.05) is 308 Å². The van der Waals surface area contributed by atoms with Crippen molar-refractivity contribution in [2.45, 2.75) is 308 Å². The first kappa shape index (κ1) is 50.0. The smallest absolute Gasteiger partial charge is 0.0195 e. The zero-order valence-corrected chi connectivity index (χ0v) is 35.5. The van der Waals surface area contributed by atoms with Crippen molar-refractivity contribution in [2.24, 2.45) is 5.73 Å². The molecule has 1 nitrogen and oxygen atoms in total. The van der Waals surface area contributed by atoms with Crippen molar-refractivity contribution in [1.82, 2.24) is 0 Å². The molecule has 0 saturated heterocycles. The van der Waals surface area contributed by atoms with E-state index in [1.165, 1.54) is 315 Å². The van der Waals surface area contributed by atoms with Gasteiger partial charge in [-0.3, -0.25) is 0 Å². The SMILES string of the molecule is C1CCCCCCCCCCC1.C1CCCCCCCCCCC1.C1CCCCCCCCCCC1.C1CCCCCCCCCCC1.CN. The molecule has 50 heavy (non-hydrogen) atoms. The Morgan fingerprint density at radius 1 is 0.100 bits per heavy atom. The Hall–Kier alpha value is -0.0400. The zero-order valence-electron chi connectivity index (χ0n) is 35.5. The molecular weight excluding hydrogens is 603 g/mol. The molecule has 4 aliphatic carbocycles. The van der Waals surface area contributed by atoms with Gasteiger partial charge in [0, 0.05) is 0 Å². The molecule has 0 radical (unpaired) electrons. The molecule has 0 bridgehead atoms. The van der Waals surface area contributed by atoms with Gasteiger partial charge in [0.15, 0.2) is 0 Å². The summed E-state index contributed by atoms with van der Waals surface area (Å²) >= 11 is 0. The van der Waals surface area contributed by atoms with Crippen LogP contribution in [0.1, 0.15) is 308 Å². The molecule has 1 heteroatoms. The van der Waals surface area contributed by atoms with Gasteiger partial charge in [0.25, 0.3) is 0 Å². The van der Waals surface area contributed by atoms with Gasteiger partial charge in [-0.05, 0) is 7.05 Å². The van der Waals surface area contributed by atoms with Crippen molar-refractivity contribution in [3.63, 3.8) is 0 Å². The summed E-state index contributed by atoms with van der Waals surface area (Å²) in [5.74, 6) is 0. The quantitative estimate of drug-likeness (QED) is 0.267. The van der Waals surface area contributed by atoms with E-state index < -0.39 is 0 Å². The number of nitrogens with two attached hydrogens (primary N) is 1. The Balaban J connectivity index is 0.000000629. The van der Waals surface area contributed by atoms with Crippen molar-refractivity contribution in [2.75, 3.05) is 7.05 Å². The Morgan fingerprint density at radius 2 is 0.120 bits per heavy atom. The average Bonchev–Trinajstić information content (AvgIpc) is 3.11. The summed E-state index contributed by atoms with van der Waals surface area (Å²) < 4.78 is 0. The molecule has 0 unspecified atom stereocenters. The van der Waals surface area contributed by atoms with E-state index in [-0.39, 0.29) is 0 Å². The van der Waals surface area contributed by atoms with Gasteiger partial charge in [0.2, 0.25) is 0 Å². The molecule has 4 saturated carbocycles. The second-order valence-electron chi connectivity index (χ2n) is 17.0. The Morgan fingerprint density at radius 3 is 0.140 bits per heavy atom. The van der Waals surface area contributed by atoms with E-state index in [4.69, 9.17) is 0 Å². The second kappa shape index (κ2) is 49.0. The van der Waals surface area contributed by atoms with Gasteiger partial charge >= 0.3 is 0 Å². The highest BCUT2D eigenvalue weighted by atomic mass is 14.4. The summed E-state index contributed by atoms with van der Waals surface area (Å²) in [6.45, 7) is 0. The molecule has 0 aliphatic heterocycles. The van der Waals surface area contributed by atoms with Gasteiger partial charge in [-0.2, -0.15) is 0 Å². The van der Waals surface area contributed by atoms with Crippen molar-refractivity contribution in [3.8, 4) is 0 Å². The van der Waals surface area contributed by atoms with E-state index in [0.29, 0.717) is 0 Å². The maximum absolute atomic E-state index is 4.50. The van der Waals surface area contributed by atoms with Crippen molar-refractivity contribution in [1.29, 1.82) is 0 Å². The predicted octanol–water partition coefficient (Wildman–Crippen LogP) is 18.3. The summed E-state index contributed by atoms with van der Waals surface area (Å²) in [5, 5.41) is 0. The van der Waals surface area contributed by atoms with Crippen LogP contribution in [0.25, 0.3) is 0 Å². The van der Waals surface area contributed by atoms with E-state index in [2.05, 4.69) is 5.73 Å². The van der Waals surface area contributed by atoms with Crippen LogP contribution in [-0.4, -0.2) is 7.05 Å². The summed E-state index contributed by atoms with van der Waals surface area (Å²) in [6.07, 6.45) is 72.0. The first-order valence-corrected chi connectivity index (χ1v) is 24.6. The molecule has 0 atom stereocenters. The van der Waals surface area contributed by atoms with Gasteiger partial charge in [0.1, 0.15) is 0 Å². The van der Waals surface area contributed by atoms with E-state index in [0.717, 1.165) is 0 Å². The zero-order chi connectivity index (χ0) is 35.9. The Bertz CT molecular complexity index is 275. The molecule has 0 amide bonds. The average molecular weight is 704 g/mol. The minimum Gasteiger partial charge on any atom is -0.333 e. The molecule has 4 rings (SSSR count). The normalized spacial score (nSPS) is 23.2. The topological polar surface area (TPSA) is 26.0 Å². The third-order valence-electron chi connectivity index (χ3n) is 12.0. The number of hydrogen-bond donors (Lipinski definition) is 1. The highest BCUT2D eigenvalue weighted by Gasteiger charge is 1.99. The molecule has 2 N–H and O–H groups in total. The van der Waals surface area contributed by atoms with E-state index in [1.807, 2.05) is 0 Å². The number of rotatable bonds is 0. The van der Waals surface area contributed by atoms with Gasteiger partial charge < -0.3 is 5.73 Å². The Kier molecular flexibility index (Phi) is 48.9. The summed E-state index contributed by atoms with van der Waals surface area (Å²) in [6, 6.07) is 0. The highest BCUT2D eigenvalue weighted by Crippen LogP contribution is 2.19. The van der Waals surface area contributed by atoms with Crippen LogP contribution in [0.3, 0.4) is 0 Å². The molecule has 302 valence electrons. The van der Waals surface area contributed by atoms with Crippen LogP contribution in [0.2, 0.25) is 0 Å². The second-order valence-corrected chi connectivity index (χ2v) is 17.0. The van der Waals surface area contributed by atoms with Crippen LogP contribution in [0, 0.1) is 0 Å². The molecule has 0 heterocycles. The minimum atomic E-state index is 1.50. The van der Waals surface area contributed by atoms with Crippen LogP contribution < -0.4 is 5.73 Å². The predicted molar refractivity (Wildman–Crippen MR) is 232 cm³/mol. The molecule has 0 spiro atoms. The lowest BCUT2D eigenvalue weighted by Crippen LogP contribution is -1.85. The monoisotopic (exact) mass is 704 g/mol. The first-order valence-electron chi connectivity index (χ1n) is 24.6. The summed E-state index contributed by atoms with van der Waals surface area (Å²) in [5.41, 5.74) is 4.50. The van der Waals surface area contributed by atoms with Crippen LogP contribution in [0.5, 0.6) is 0 Å². The third kappa shape index (κ3) is 46.0. The van der Waals surface area contributed by atoms with Crippen LogP contribution >= 0.6 is 0 Å². The number of hydrogen-bond acceptors (Lipinski definition) is 1. The van der Waals surface area contributed by atoms with Crippen LogP contribution in [-0.2, 0) is 0 Å². The lowest BCUT2D eigenvalue weighted by atomic mass is 10.0. The standard InChI is InChI=1S/4C12H24.CH5N/c4*1-2-4-6-8-10-12-11-9-7-5-3-1;1-2/h4*1-12H2;2H2,1H3. The third-order valence-corrected chi connectivity index (χ3v) is 12.0. The van der Waals surface area contributed by atoms with Gasteiger partial charge in [-0.15, -0.1) is 0 Å². The molecule has 4 fully saturated rings. The molecule has 0 aromatic rings. The van der Waals surface area contributed by atoms with Gasteiger partial charge in [-0.25, -0.2) is 0 Å².